The summed E-state index contributed by atoms with van der Waals surface area (Å²) in [5, 5.41) is 2.83. The SMILES string of the molecule is N[C@@H]1CN(C(=O)c2ccc3c(c2)NC(=O)CS3)C[C@H]1c1ccccc1. The molecule has 2 heterocycles. The Morgan fingerprint density at radius 1 is 1.16 bits per heavy atom. The number of amides is 2. The fraction of sp³-hybridized carbons (Fsp3) is 0.263. The maximum Gasteiger partial charge on any atom is 0.254 e. The summed E-state index contributed by atoms with van der Waals surface area (Å²) >= 11 is 1.49. The monoisotopic (exact) mass is 353 g/mol. The summed E-state index contributed by atoms with van der Waals surface area (Å²) < 4.78 is 0. The molecule has 2 aromatic rings. The largest absolute Gasteiger partial charge is 0.336 e. The molecule has 0 bridgehead atoms. The highest BCUT2D eigenvalue weighted by molar-refractivity contribution is 8.00. The second-order valence-corrected chi connectivity index (χ2v) is 7.46. The van der Waals surface area contributed by atoms with Gasteiger partial charge in [-0.2, -0.15) is 0 Å². The molecular formula is C19H19N3O2S. The first-order chi connectivity index (χ1) is 12.1. The number of nitrogens with one attached hydrogen (secondary N) is 1. The molecular weight excluding hydrogens is 334 g/mol. The predicted octanol–water partition coefficient (Wildman–Crippen LogP) is 2.30. The zero-order chi connectivity index (χ0) is 17.4. The van der Waals surface area contributed by atoms with Crippen LogP contribution in [-0.4, -0.2) is 41.6 Å². The van der Waals surface area contributed by atoms with Crippen molar-refractivity contribution in [2.45, 2.75) is 16.9 Å². The summed E-state index contributed by atoms with van der Waals surface area (Å²) in [6.45, 7) is 1.15. The third-order valence-electron chi connectivity index (χ3n) is 4.74. The number of thioether (sulfide) groups is 1. The molecule has 2 aromatic carbocycles. The Labute approximate surface area is 150 Å². The summed E-state index contributed by atoms with van der Waals surface area (Å²) in [5.41, 5.74) is 8.76. The summed E-state index contributed by atoms with van der Waals surface area (Å²) in [7, 11) is 0. The molecule has 0 unspecified atom stereocenters. The van der Waals surface area contributed by atoms with E-state index in [1.54, 1.807) is 6.07 Å². The van der Waals surface area contributed by atoms with Gasteiger partial charge in [-0.1, -0.05) is 30.3 Å². The lowest BCUT2D eigenvalue weighted by molar-refractivity contribution is -0.113. The summed E-state index contributed by atoms with van der Waals surface area (Å²) in [6, 6.07) is 15.5. The molecule has 2 atom stereocenters. The van der Waals surface area contributed by atoms with E-state index in [0.29, 0.717) is 24.4 Å². The van der Waals surface area contributed by atoms with E-state index in [-0.39, 0.29) is 23.8 Å². The van der Waals surface area contributed by atoms with E-state index in [4.69, 9.17) is 5.73 Å². The van der Waals surface area contributed by atoms with Crippen molar-refractivity contribution >= 4 is 29.3 Å². The van der Waals surface area contributed by atoms with Crippen molar-refractivity contribution < 1.29 is 9.59 Å². The van der Waals surface area contributed by atoms with Crippen LogP contribution >= 0.6 is 11.8 Å². The Hall–Kier alpha value is -2.31. The molecule has 5 nitrogen and oxygen atoms in total. The number of nitrogens with zero attached hydrogens (tertiary/aromatic N) is 1. The quantitative estimate of drug-likeness (QED) is 0.869. The van der Waals surface area contributed by atoms with Gasteiger partial charge in [-0.15, -0.1) is 11.8 Å². The summed E-state index contributed by atoms with van der Waals surface area (Å²) in [4.78, 5) is 27.3. The van der Waals surface area contributed by atoms with E-state index in [2.05, 4.69) is 17.4 Å². The highest BCUT2D eigenvalue weighted by atomic mass is 32.2. The smallest absolute Gasteiger partial charge is 0.254 e. The molecule has 6 heteroatoms. The van der Waals surface area contributed by atoms with E-state index in [9.17, 15) is 9.59 Å². The Bertz CT molecular complexity index is 825. The standard InChI is InChI=1S/C19H19N3O2S/c20-15-10-22(9-14(15)12-4-2-1-3-5-12)19(24)13-6-7-17-16(8-13)21-18(23)11-25-17/h1-8,14-15H,9-11,20H2,(H,21,23)/t14-,15+/m0/s1. The van der Waals surface area contributed by atoms with Crippen LogP contribution in [0.4, 0.5) is 5.69 Å². The van der Waals surface area contributed by atoms with E-state index in [0.717, 1.165) is 10.6 Å². The maximum atomic E-state index is 12.9. The maximum absolute atomic E-state index is 12.9. The Morgan fingerprint density at radius 2 is 1.96 bits per heavy atom. The van der Waals surface area contributed by atoms with Gasteiger partial charge in [-0.3, -0.25) is 9.59 Å². The molecule has 0 aromatic heterocycles. The second-order valence-electron chi connectivity index (χ2n) is 6.44. The van der Waals surface area contributed by atoms with Gasteiger partial charge in [0.25, 0.3) is 5.91 Å². The van der Waals surface area contributed by atoms with E-state index in [1.807, 2.05) is 35.2 Å². The number of hydrogen-bond acceptors (Lipinski definition) is 4. The molecule has 0 spiro atoms. The van der Waals surface area contributed by atoms with Gasteiger partial charge >= 0.3 is 0 Å². The van der Waals surface area contributed by atoms with Crippen LogP contribution in [0, 0.1) is 0 Å². The van der Waals surface area contributed by atoms with E-state index in [1.165, 1.54) is 17.3 Å². The lowest BCUT2D eigenvalue weighted by Crippen LogP contribution is -2.32. The Morgan fingerprint density at radius 3 is 2.76 bits per heavy atom. The van der Waals surface area contributed by atoms with Crippen molar-refractivity contribution in [3.63, 3.8) is 0 Å². The zero-order valence-corrected chi connectivity index (χ0v) is 14.5. The molecule has 0 saturated carbocycles. The molecule has 0 aliphatic carbocycles. The van der Waals surface area contributed by atoms with Crippen LogP contribution in [0.1, 0.15) is 21.8 Å². The fourth-order valence-electron chi connectivity index (χ4n) is 3.45. The molecule has 0 radical (unpaired) electrons. The molecule has 2 aliphatic heterocycles. The second kappa shape index (κ2) is 6.54. The van der Waals surface area contributed by atoms with Crippen molar-refractivity contribution in [2.75, 3.05) is 24.2 Å². The van der Waals surface area contributed by atoms with Gasteiger partial charge in [0.05, 0.1) is 11.4 Å². The van der Waals surface area contributed by atoms with Crippen molar-refractivity contribution in [2.24, 2.45) is 5.73 Å². The first-order valence-electron chi connectivity index (χ1n) is 8.28. The average Bonchev–Trinajstić information content (AvgIpc) is 3.03. The van der Waals surface area contributed by atoms with Gasteiger partial charge in [-0.05, 0) is 23.8 Å². The first-order valence-corrected chi connectivity index (χ1v) is 9.27. The van der Waals surface area contributed by atoms with Crippen LogP contribution < -0.4 is 11.1 Å². The van der Waals surface area contributed by atoms with Gasteiger partial charge in [0.15, 0.2) is 0 Å². The number of carbonyl (C=O) groups excluding carboxylic acids is 2. The molecule has 1 fully saturated rings. The van der Waals surface area contributed by atoms with Crippen LogP contribution in [0.25, 0.3) is 0 Å². The Kier molecular flexibility index (Phi) is 4.23. The lowest BCUT2D eigenvalue weighted by atomic mass is 9.95. The van der Waals surface area contributed by atoms with Gasteiger partial charge < -0.3 is 16.0 Å². The molecule has 128 valence electrons. The molecule has 1 saturated heterocycles. The number of carbonyl (C=O) groups is 2. The van der Waals surface area contributed by atoms with Gasteiger partial charge in [0.2, 0.25) is 5.91 Å². The number of hydrogen-bond donors (Lipinski definition) is 2. The first kappa shape index (κ1) is 16.2. The topological polar surface area (TPSA) is 75.4 Å². The van der Waals surface area contributed by atoms with Gasteiger partial charge in [0.1, 0.15) is 0 Å². The average molecular weight is 353 g/mol. The minimum Gasteiger partial charge on any atom is -0.336 e. The van der Waals surface area contributed by atoms with E-state index >= 15 is 0 Å². The number of nitrogens with two attached hydrogens (primary N) is 1. The molecule has 2 amide bonds. The zero-order valence-electron chi connectivity index (χ0n) is 13.6. The number of fused-ring (bicyclic) bond motifs is 1. The highest BCUT2D eigenvalue weighted by Crippen LogP contribution is 2.33. The van der Waals surface area contributed by atoms with Crippen LogP contribution in [0.2, 0.25) is 0 Å². The van der Waals surface area contributed by atoms with Crippen molar-refractivity contribution in [1.29, 1.82) is 0 Å². The van der Waals surface area contributed by atoms with Crippen molar-refractivity contribution in [3.8, 4) is 0 Å². The predicted molar refractivity (Wildman–Crippen MR) is 98.9 cm³/mol. The summed E-state index contributed by atoms with van der Waals surface area (Å²) in [6.07, 6.45) is 0. The van der Waals surface area contributed by atoms with Crippen LogP contribution in [-0.2, 0) is 4.79 Å². The number of anilines is 1. The third kappa shape index (κ3) is 3.15. The van der Waals surface area contributed by atoms with Crippen LogP contribution in [0.5, 0.6) is 0 Å². The van der Waals surface area contributed by atoms with Crippen molar-refractivity contribution in [3.05, 3.63) is 59.7 Å². The minimum atomic E-state index is -0.0702. The van der Waals surface area contributed by atoms with Crippen molar-refractivity contribution in [1.82, 2.24) is 4.90 Å². The molecule has 3 N–H and O–H groups in total. The third-order valence-corrected chi connectivity index (χ3v) is 5.81. The summed E-state index contributed by atoms with van der Waals surface area (Å²) in [5.74, 6) is 0.494. The number of rotatable bonds is 2. The van der Waals surface area contributed by atoms with Gasteiger partial charge in [-0.25, -0.2) is 0 Å². The fourth-order valence-corrected chi connectivity index (χ4v) is 4.23. The lowest BCUT2D eigenvalue weighted by Gasteiger charge is -2.20. The minimum absolute atomic E-state index is 0.0329. The van der Waals surface area contributed by atoms with E-state index < -0.39 is 0 Å². The normalized spacial score (nSPS) is 22.4. The highest BCUT2D eigenvalue weighted by Gasteiger charge is 2.34. The number of benzene rings is 2. The van der Waals surface area contributed by atoms with Gasteiger partial charge in [0, 0.05) is 35.5 Å². The molecule has 2 aliphatic rings. The number of likely N-dealkylation sites (tertiary alicyclic amines) is 1. The molecule has 25 heavy (non-hydrogen) atoms. The van der Waals surface area contributed by atoms with Crippen LogP contribution in [0.15, 0.2) is 53.4 Å². The molecule has 4 rings (SSSR count). The Balaban J connectivity index is 1.54. The van der Waals surface area contributed by atoms with Crippen LogP contribution in [0.3, 0.4) is 0 Å².